The minimum atomic E-state index is -0.349. The third-order valence-electron chi connectivity index (χ3n) is 3.33. The highest BCUT2D eigenvalue weighted by atomic mass is 16.6. The van der Waals surface area contributed by atoms with Crippen molar-refractivity contribution < 1.29 is 19.0 Å². The van der Waals surface area contributed by atoms with Crippen molar-refractivity contribution in [3.05, 3.63) is 65.5 Å². The van der Waals surface area contributed by atoms with Crippen LogP contribution in [-0.4, -0.2) is 32.4 Å². The second-order valence-electron chi connectivity index (χ2n) is 6.00. The summed E-state index contributed by atoms with van der Waals surface area (Å²) in [4.78, 5) is 12.0. The monoisotopic (exact) mass is 344 g/mol. The van der Waals surface area contributed by atoms with E-state index in [4.69, 9.17) is 14.2 Å². The molecule has 0 atom stereocenters. The summed E-state index contributed by atoms with van der Waals surface area (Å²) in [5.74, 6) is -0.349. The van der Waals surface area contributed by atoms with Gasteiger partial charge in [0.2, 0.25) is 0 Å². The highest BCUT2D eigenvalue weighted by Crippen LogP contribution is 2.22. The first kappa shape index (κ1) is 20.7. The van der Waals surface area contributed by atoms with Gasteiger partial charge in [0.1, 0.15) is 13.2 Å². The first-order valence-electron chi connectivity index (χ1n) is 8.36. The number of allylic oxidation sites excluding steroid dienone is 4. The maximum absolute atomic E-state index is 12.0. The molecular formula is C21H28O4. The zero-order valence-corrected chi connectivity index (χ0v) is 15.6. The summed E-state index contributed by atoms with van der Waals surface area (Å²) in [5.41, 5.74) is 5.26. The number of carbonyl (C=O) groups is 1. The normalized spacial score (nSPS) is 9.92. The SMILES string of the molecule is C=COCCOCCOC(=O)c1ccc(C(C=C(C)C)=C(C)C)cc1. The molecule has 0 aliphatic carbocycles. The zero-order valence-electron chi connectivity index (χ0n) is 15.6. The summed E-state index contributed by atoms with van der Waals surface area (Å²) in [6.45, 7) is 13.2. The third-order valence-corrected chi connectivity index (χ3v) is 3.33. The minimum absolute atomic E-state index is 0.214. The molecule has 0 bridgehead atoms. The average molecular weight is 344 g/mol. The second-order valence-corrected chi connectivity index (χ2v) is 6.00. The van der Waals surface area contributed by atoms with Gasteiger partial charge in [-0.25, -0.2) is 4.79 Å². The number of hydrogen-bond donors (Lipinski definition) is 0. The van der Waals surface area contributed by atoms with Crippen LogP contribution in [0.1, 0.15) is 43.6 Å². The van der Waals surface area contributed by atoms with Crippen LogP contribution in [0.4, 0.5) is 0 Å². The smallest absolute Gasteiger partial charge is 0.338 e. The predicted molar refractivity (Wildman–Crippen MR) is 101 cm³/mol. The first-order valence-corrected chi connectivity index (χ1v) is 8.36. The summed E-state index contributed by atoms with van der Waals surface area (Å²) in [6.07, 6.45) is 3.52. The molecule has 0 radical (unpaired) electrons. The Bertz CT molecular complexity index is 616. The van der Waals surface area contributed by atoms with Crippen LogP contribution in [0.2, 0.25) is 0 Å². The zero-order chi connectivity index (χ0) is 18.7. The van der Waals surface area contributed by atoms with Gasteiger partial charge in [0.25, 0.3) is 0 Å². The molecule has 0 N–H and O–H groups in total. The first-order chi connectivity index (χ1) is 12.0. The van der Waals surface area contributed by atoms with Crippen molar-refractivity contribution in [1.29, 1.82) is 0 Å². The van der Waals surface area contributed by atoms with Crippen LogP contribution in [-0.2, 0) is 14.2 Å². The molecule has 1 rings (SSSR count). The molecule has 0 aliphatic rings. The van der Waals surface area contributed by atoms with Gasteiger partial charge in [-0.1, -0.05) is 35.9 Å². The van der Waals surface area contributed by atoms with E-state index in [1.807, 2.05) is 12.1 Å². The maximum atomic E-state index is 12.0. The molecule has 136 valence electrons. The molecule has 0 aromatic heterocycles. The van der Waals surface area contributed by atoms with E-state index in [0.29, 0.717) is 25.4 Å². The highest BCUT2D eigenvalue weighted by molar-refractivity contribution is 5.90. The van der Waals surface area contributed by atoms with Gasteiger partial charge in [0.05, 0.1) is 25.0 Å². The quantitative estimate of drug-likeness (QED) is 0.265. The Balaban J connectivity index is 2.55. The molecule has 0 saturated heterocycles. The van der Waals surface area contributed by atoms with E-state index >= 15 is 0 Å². The molecule has 0 saturated carbocycles. The van der Waals surface area contributed by atoms with E-state index in [1.54, 1.807) is 12.1 Å². The number of esters is 1. The third kappa shape index (κ3) is 7.86. The van der Waals surface area contributed by atoms with Crippen LogP contribution in [0.5, 0.6) is 0 Å². The molecule has 0 fully saturated rings. The number of carbonyl (C=O) groups excluding carboxylic acids is 1. The average Bonchev–Trinajstić information content (AvgIpc) is 2.58. The van der Waals surface area contributed by atoms with Crippen molar-refractivity contribution in [2.75, 3.05) is 26.4 Å². The largest absolute Gasteiger partial charge is 0.499 e. The molecular weight excluding hydrogens is 316 g/mol. The van der Waals surface area contributed by atoms with Gasteiger partial charge in [0.15, 0.2) is 0 Å². The lowest BCUT2D eigenvalue weighted by Gasteiger charge is -2.09. The highest BCUT2D eigenvalue weighted by Gasteiger charge is 2.08. The van der Waals surface area contributed by atoms with Crippen LogP contribution in [0.3, 0.4) is 0 Å². The fraction of sp³-hybridized carbons (Fsp3) is 0.381. The number of benzene rings is 1. The molecule has 1 aromatic rings. The number of rotatable bonds is 10. The fourth-order valence-corrected chi connectivity index (χ4v) is 2.16. The second kappa shape index (κ2) is 11.3. The minimum Gasteiger partial charge on any atom is -0.499 e. The topological polar surface area (TPSA) is 44.8 Å². The van der Waals surface area contributed by atoms with Crippen molar-refractivity contribution in [3.63, 3.8) is 0 Å². The number of hydrogen-bond acceptors (Lipinski definition) is 4. The Morgan fingerprint density at radius 2 is 1.56 bits per heavy atom. The van der Waals surface area contributed by atoms with Crippen LogP contribution >= 0.6 is 0 Å². The van der Waals surface area contributed by atoms with Crippen molar-refractivity contribution in [1.82, 2.24) is 0 Å². The van der Waals surface area contributed by atoms with Gasteiger partial charge in [-0.2, -0.15) is 0 Å². The summed E-state index contributed by atoms with van der Waals surface area (Å²) >= 11 is 0. The summed E-state index contributed by atoms with van der Waals surface area (Å²) in [5, 5.41) is 0. The standard InChI is InChI=1S/C21H28O4/c1-6-23-11-12-24-13-14-25-21(22)19-9-7-18(8-10-19)20(17(4)5)15-16(2)3/h6-10,15H,1,11-14H2,2-5H3. The van der Waals surface area contributed by atoms with Gasteiger partial charge in [-0.05, 0) is 51.0 Å². The van der Waals surface area contributed by atoms with E-state index in [-0.39, 0.29) is 12.6 Å². The van der Waals surface area contributed by atoms with E-state index < -0.39 is 0 Å². The summed E-state index contributed by atoms with van der Waals surface area (Å²) in [7, 11) is 0. The van der Waals surface area contributed by atoms with Gasteiger partial charge in [-0.3, -0.25) is 0 Å². The Labute approximate surface area is 150 Å². The van der Waals surface area contributed by atoms with Crippen LogP contribution in [0.25, 0.3) is 5.57 Å². The molecule has 0 aliphatic heterocycles. The summed E-state index contributed by atoms with van der Waals surface area (Å²) in [6, 6.07) is 7.47. The van der Waals surface area contributed by atoms with Gasteiger partial charge in [0, 0.05) is 0 Å². The fourth-order valence-electron chi connectivity index (χ4n) is 2.16. The Morgan fingerprint density at radius 3 is 2.12 bits per heavy atom. The molecule has 0 amide bonds. The van der Waals surface area contributed by atoms with Crippen LogP contribution in [0.15, 0.2) is 54.3 Å². The van der Waals surface area contributed by atoms with Gasteiger partial charge in [-0.15, -0.1) is 0 Å². The van der Waals surface area contributed by atoms with E-state index in [1.165, 1.54) is 23.0 Å². The molecule has 1 aromatic carbocycles. The Morgan fingerprint density at radius 1 is 0.960 bits per heavy atom. The van der Waals surface area contributed by atoms with Gasteiger partial charge < -0.3 is 14.2 Å². The van der Waals surface area contributed by atoms with Crippen LogP contribution < -0.4 is 0 Å². The molecule has 0 spiro atoms. The lowest BCUT2D eigenvalue weighted by Crippen LogP contribution is -2.12. The lowest BCUT2D eigenvalue weighted by atomic mass is 9.98. The lowest BCUT2D eigenvalue weighted by molar-refractivity contribution is 0.0246. The van der Waals surface area contributed by atoms with Crippen molar-refractivity contribution >= 4 is 11.5 Å². The van der Waals surface area contributed by atoms with Crippen molar-refractivity contribution in [2.45, 2.75) is 27.7 Å². The summed E-state index contributed by atoms with van der Waals surface area (Å²) < 4.78 is 15.4. The molecule has 25 heavy (non-hydrogen) atoms. The molecule has 4 nitrogen and oxygen atoms in total. The Kier molecular flexibility index (Phi) is 9.33. The molecule has 0 heterocycles. The predicted octanol–water partition coefficient (Wildman–Crippen LogP) is 4.78. The Hall–Kier alpha value is -2.33. The van der Waals surface area contributed by atoms with Crippen LogP contribution in [0, 0.1) is 0 Å². The van der Waals surface area contributed by atoms with Gasteiger partial charge >= 0.3 is 5.97 Å². The van der Waals surface area contributed by atoms with E-state index in [2.05, 4.69) is 40.3 Å². The van der Waals surface area contributed by atoms with Crippen molar-refractivity contribution in [2.24, 2.45) is 0 Å². The van der Waals surface area contributed by atoms with Crippen molar-refractivity contribution in [3.8, 4) is 0 Å². The number of ether oxygens (including phenoxy) is 3. The molecule has 4 heteroatoms. The maximum Gasteiger partial charge on any atom is 0.338 e. The van der Waals surface area contributed by atoms with E-state index in [9.17, 15) is 4.79 Å². The molecule has 0 unspecified atom stereocenters. The van der Waals surface area contributed by atoms with E-state index in [0.717, 1.165) is 5.56 Å².